The van der Waals surface area contributed by atoms with Crippen LogP contribution in [0.4, 0.5) is 0 Å². The Balaban J connectivity index is -0.00000000750. The molecule has 0 rings (SSSR count). The molecule has 0 unspecified atom stereocenters. The summed E-state index contributed by atoms with van der Waals surface area (Å²) in [6.07, 6.45) is 0. The molecule has 0 aliphatic carbocycles. The standard InChI is InChI=1S/BH3O3.La.Mg.2H/c2-1(3)4;;;;/h2-4H;;;;/q;;+2;2*-1. The smallest absolute Gasteiger partial charge is 1.00 e. The normalized spacial score (nSPS) is 4.50. The minimum atomic E-state index is -2.17. The third-order valence-electron chi connectivity index (χ3n) is 0. The van der Waals surface area contributed by atoms with Gasteiger partial charge in [0.15, 0.2) is 0 Å². The van der Waals surface area contributed by atoms with E-state index in [-0.39, 0.29) is 61.5 Å². The first-order chi connectivity index (χ1) is 1.73. The van der Waals surface area contributed by atoms with E-state index >= 15 is 0 Å². The summed E-state index contributed by atoms with van der Waals surface area (Å²) in [5, 5.41) is 21.5. The van der Waals surface area contributed by atoms with E-state index in [0.29, 0.717) is 0 Å². The van der Waals surface area contributed by atoms with Crippen molar-refractivity contribution in [2.45, 2.75) is 0 Å². The second-order valence-corrected chi connectivity index (χ2v) is 0.346. The summed E-state index contributed by atoms with van der Waals surface area (Å²) >= 11 is 0. The van der Waals surface area contributed by atoms with Gasteiger partial charge < -0.3 is 17.9 Å². The van der Waals surface area contributed by atoms with Crippen LogP contribution in [0.5, 0.6) is 0 Å². The average Bonchev–Trinajstić information content (AvgIpc) is 0.811. The molecule has 3 nitrogen and oxygen atoms in total. The van der Waals surface area contributed by atoms with E-state index in [9.17, 15) is 0 Å². The summed E-state index contributed by atoms with van der Waals surface area (Å²) in [5.41, 5.74) is 0. The molecule has 6 heteroatoms. The zero-order valence-corrected chi connectivity index (χ0v) is 8.24. The SMILES string of the molecule is OB(O)O.[H-].[H-].[La].[Mg+2]. The quantitative estimate of drug-likeness (QED) is 0.411. The topological polar surface area (TPSA) is 60.7 Å². The first-order valence-electron chi connectivity index (χ1n) is 0.775. The van der Waals surface area contributed by atoms with E-state index in [1.807, 2.05) is 0 Å². The fraction of sp³-hybridized carbons (Fsp3) is 0. The Bertz CT molecular complexity index is 22.0. The number of rotatable bonds is 0. The predicted molar refractivity (Wildman–Crippen MR) is 20.4 cm³/mol. The van der Waals surface area contributed by atoms with Gasteiger partial charge in [-0.3, -0.25) is 0 Å². The molecule has 0 saturated heterocycles. The molecule has 0 bridgehead atoms. The van der Waals surface area contributed by atoms with Gasteiger partial charge in [-0.1, -0.05) is 0 Å². The van der Waals surface area contributed by atoms with Crippen molar-refractivity contribution in [1.82, 2.24) is 0 Å². The Kier molecular flexibility index (Phi) is 26.1. The molecule has 0 aliphatic rings. The van der Waals surface area contributed by atoms with Gasteiger partial charge in [0.05, 0.1) is 0 Å². The fourth-order valence-corrected chi connectivity index (χ4v) is 0. The Hall–Kier alpha value is 1.91. The maximum Gasteiger partial charge on any atom is 2.00 e. The zero-order valence-electron chi connectivity index (χ0n) is 5.20. The van der Waals surface area contributed by atoms with E-state index < -0.39 is 7.32 Å². The predicted octanol–water partition coefficient (Wildman–Crippen LogP) is -2.21. The first kappa shape index (κ1) is 15.7. The largest absolute Gasteiger partial charge is 2.00 e. The van der Waals surface area contributed by atoms with E-state index in [1.165, 1.54) is 0 Å². The third kappa shape index (κ3) is 39.1. The van der Waals surface area contributed by atoms with Crippen LogP contribution in [-0.4, -0.2) is 45.4 Å². The van der Waals surface area contributed by atoms with E-state index in [2.05, 4.69) is 0 Å². The second kappa shape index (κ2) is 10.0. The van der Waals surface area contributed by atoms with Gasteiger partial charge in [-0.25, -0.2) is 0 Å². The monoisotopic (exact) mass is 227 g/mol. The van der Waals surface area contributed by atoms with Gasteiger partial charge in [0.1, 0.15) is 0 Å². The Morgan fingerprint density at radius 3 is 1.17 bits per heavy atom. The molecule has 1 radical (unpaired) electrons. The second-order valence-electron chi connectivity index (χ2n) is 0.346. The van der Waals surface area contributed by atoms with Gasteiger partial charge in [0.25, 0.3) is 0 Å². The fourth-order valence-electron chi connectivity index (χ4n) is 0. The van der Waals surface area contributed by atoms with Crippen molar-refractivity contribution < 1.29 is 53.5 Å². The molecular weight excluding hydrogens is 222 g/mol. The maximum atomic E-state index is 7.17. The van der Waals surface area contributed by atoms with E-state index in [0.717, 1.165) is 0 Å². The Labute approximate surface area is 83.0 Å². The zero-order chi connectivity index (χ0) is 3.58. The molecule has 3 N–H and O–H groups in total. The minimum absolute atomic E-state index is 0. The van der Waals surface area contributed by atoms with Crippen LogP contribution in [0, 0.1) is 35.6 Å². The van der Waals surface area contributed by atoms with Crippen LogP contribution in [0.1, 0.15) is 2.85 Å². The molecule has 0 aromatic carbocycles. The van der Waals surface area contributed by atoms with Crippen LogP contribution in [0.2, 0.25) is 0 Å². The van der Waals surface area contributed by atoms with Crippen molar-refractivity contribution in [3.8, 4) is 0 Å². The molecule has 0 saturated carbocycles. The molecule has 0 spiro atoms. The van der Waals surface area contributed by atoms with Crippen LogP contribution in [0.15, 0.2) is 0 Å². The van der Waals surface area contributed by atoms with Gasteiger partial charge in [0, 0.05) is 35.6 Å². The molecule has 31 valence electrons. The molecule has 0 amide bonds. The van der Waals surface area contributed by atoms with Crippen LogP contribution in [-0.2, 0) is 0 Å². The number of hydrogen-bond acceptors (Lipinski definition) is 3. The summed E-state index contributed by atoms with van der Waals surface area (Å²) < 4.78 is 0. The Morgan fingerprint density at radius 2 is 1.17 bits per heavy atom. The molecule has 6 heavy (non-hydrogen) atoms. The van der Waals surface area contributed by atoms with E-state index in [4.69, 9.17) is 15.1 Å². The van der Waals surface area contributed by atoms with Gasteiger partial charge in [-0.05, 0) is 0 Å². The van der Waals surface area contributed by atoms with Crippen molar-refractivity contribution >= 4 is 30.4 Å². The van der Waals surface area contributed by atoms with Gasteiger partial charge >= 0.3 is 30.4 Å². The summed E-state index contributed by atoms with van der Waals surface area (Å²) in [5.74, 6) is 0. The molecule has 0 aromatic heterocycles. The minimum Gasteiger partial charge on any atom is -1.00 e. The van der Waals surface area contributed by atoms with Crippen molar-refractivity contribution in [1.29, 1.82) is 0 Å². The Morgan fingerprint density at radius 1 is 1.17 bits per heavy atom. The van der Waals surface area contributed by atoms with Crippen molar-refractivity contribution in [2.24, 2.45) is 0 Å². The third-order valence-corrected chi connectivity index (χ3v) is 0. The molecule has 0 fully saturated rings. The molecule has 0 aliphatic heterocycles. The van der Waals surface area contributed by atoms with Crippen LogP contribution < -0.4 is 0 Å². The molecule has 0 atom stereocenters. The van der Waals surface area contributed by atoms with Crippen LogP contribution >= 0.6 is 0 Å². The summed E-state index contributed by atoms with van der Waals surface area (Å²) in [6.45, 7) is 0. The van der Waals surface area contributed by atoms with Gasteiger partial charge in [-0.15, -0.1) is 0 Å². The molecule has 0 heterocycles. The van der Waals surface area contributed by atoms with Crippen LogP contribution in [0.3, 0.4) is 0 Å². The first-order valence-corrected chi connectivity index (χ1v) is 0.775. The van der Waals surface area contributed by atoms with Gasteiger partial charge in [0.2, 0.25) is 0 Å². The van der Waals surface area contributed by atoms with Gasteiger partial charge in [-0.2, -0.15) is 0 Å². The van der Waals surface area contributed by atoms with Crippen molar-refractivity contribution in [3.63, 3.8) is 0 Å². The molecule has 0 aromatic rings. The summed E-state index contributed by atoms with van der Waals surface area (Å²) in [4.78, 5) is 0. The number of hydrogen-bond donors (Lipinski definition) is 3. The average molecular weight is 227 g/mol. The van der Waals surface area contributed by atoms with E-state index in [1.54, 1.807) is 0 Å². The van der Waals surface area contributed by atoms with Crippen molar-refractivity contribution in [2.75, 3.05) is 0 Å². The maximum absolute atomic E-state index is 7.17. The summed E-state index contributed by atoms with van der Waals surface area (Å²) in [7, 11) is -2.17. The molecular formula is H5BLaMgO3. The van der Waals surface area contributed by atoms with Crippen LogP contribution in [0.25, 0.3) is 0 Å². The van der Waals surface area contributed by atoms with Crippen molar-refractivity contribution in [3.05, 3.63) is 0 Å². The summed E-state index contributed by atoms with van der Waals surface area (Å²) in [6, 6.07) is 0.